The highest BCUT2D eigenvalue weighted by Crippen LogP contribution is 2.40. The number of hydrogen-bond donors (Lipinski definition) is 2. The summed E-state index contributed by atoms with van der Waals surface area (Å²) in [7, 11) is 0. The van der Waals surface area contributed by atoms with Gasteiger partial charge in [-0.2, -0.15) is 0 Å². The second-order valence-corrected chi connectivity index (χ2v) is 5.78. The third-order valence-electron chi connectivity index (χ3n) is 3.51. The van der Waals surface area contributed by atoms with Gasteiger partial charge in [-0.15, -0.1) is 0 Å². The highest BCUT2D eigenvalue weighted by Gasteiger charge is 2.40. The Hall–Kier alpha value is -1.84. The van der Waals surface area contributed by atoms with Crippen LogP contribution in [0.4, 0.5) is 5.69 Å². The molecule has 0 fully saturated rings. The Labute approximate surface area is 107 Å². The van der Waals surface area contributed by atoms with E-state index >= 15 is 0 Å². The average molecular weight is 242 g/mol. The van der Waals surface area contributed by atoms with E-state index in [2.05, 4.69) is 47.1 Å². The smallest absolute Gasteiger partial charge is 0.330 e. The number of anilines is 1. The van der Waals surface area contributed by atoms with Crippen LogP contribution < -0.4 is 16.0 Å². The lowest BCUT2D eigenvalue weighted by molar-refractivity contribution is 0.296. The molecule has 2 aliphatic rings. The minimum absolute atomic E-state index is 0.241. The van der Waals surface area contributed by atoms with Crippen molar-refractivity contribution in [2.24, 2.45) is 10.5 Å². The van der Waals surface area contributed by atoms with Gasteiger partial charge in [0.1, 0.15) is 10.8 Å². The fraction of sp³-hybridized carbons (Fsp3) is 0.429. The lowest BCUT2D eigenvalue weighted by Gasteiger charge is -2.33. The first kappa shape index (κ1) is 11.3. The molecular formula is C14H18N4+. The van der Waals surface area contributed by atoms with Gasteiger partial charge >= 0.3 is 5.22 Å². The Bertz CT molecular complexity index is 502. The number of nitrogens with one attached hydrogen (secondary N) is 2. The standard InChI is InChI=1S/C14H18N4/c1-14(2)8-11(13-12(9-14)16-18-17-13)15-10-6-4-3-5-7-10/h3-7,11,15H,8-9H2,1-2H3,(H,16,17)/q+1. The molecule has 0 bridgehead atoms. The van der Waals surface area contributed by atoms with Crippen molar-refractivity contribution in [1.82, 2.24) is 10.6 Å². The maximum Gasteiger partial charge on any atom is 0.330 e. The van der Waals surface area contributed by atoms with Crippen LogP contribution in [0.1, 0.15) is 26.7 Å². The molecule has 1 radical (unpaired) electrons. The Morgan fingerprint density at radius 2 is 2.11 bits per heavy atom. The van der Waals surface area contributed by atoms with Crippen LogP contribution in [0.25, 0.3) is 0 Å². The molecule has 2 N–H and O–H groups in total. The van der Waals surface area contributed by atoms with Crippen LogP contribution in [-0.4, -0.2) is 6.04 Å². The van der Waals surface area contributed by atoms with Gasteiger partial charge in [0.05, 0.1) is 6.04 Å². The van der Waals surface area contributed by atoms with Crippen LogP contribution in [0.2, 0.25) is 0 Å². The van der Waals surface area contributed by atoms with Gasteiger partial charge in [0.15, 0.2) is 5.70 Å². The molecule has 93 valence electrons. The van der Waals surface area contributed by atoms with Crippen molar-refractivity contribution in [2.45, 2.75) is 32.7 Å². The molecular weight excluding hydrogens is 224 g/mol. The Morgan fingerprint density at radius 3 is 2.89 bits per heavy atom. The van der Waals surface area contributed by atoms with Gasteiger partial charge in [0.25, 0.3) is 0 Å². The number of para-hydroxylation sites is 1. The maximum atomic E-state index is 4.23. The van der Waals surface area contributed by atoms with Crippen molar-refractivity contribution >= 4 is 5.69 Å². The zero-order valence-corrected chi connectivity index (χ0v) is 10.8. The van der Waals surface area contributed by atoms with E-state index in [1.165, 1.54) is 5.70 Å². The minimum atomic E-state index is 0.241. The van der Waals surface area contributed by atoms with E-state index in [1.54, 1.807) is 0 Å². The van der Waals surface area contributed by atoms with Crippen LogP contribution in [0.15, 0.2) is 46.8 Å². The van der Waals surface area contributed by atoms with Crippen molar-refractivity contribution in [2.75, 3.05) is 5.32 Å². The van der Waals surface area contributed by atoms with Crippen LogP contribution >= 0.6 is 0 Å². The summed E-state index contributed by atoms with van der Waals surface area (Å²) in [5, 5.41) is 11.7. The highest BCUT2D eigenvalue weighted by atomic mass is 15.5. The fourth-order valence-corrected chi connectivity index (χ4v) is 2.72. The molecule has 3 rings (SSSR count). The minimum Gasteiger partial charge on any atom is -0.376 e. The number of benzene rings is 1. The van der Waals surface area contributed by atoms with Gasteiger partial charge in [-0.1, -0.05) is 37.5 Å². The molecule has 18 heavy (non-hydrogen) atoms. The van der Waals surface area contributed by atoms with E-state index in [4.69, 9.17) is 0 Å². The number of nitrogens with zero attached hydrogens (tertiary/aromatic N) is 2. The number of allylic oxidation sites excluding steroid dienone is 1. The van der Waals surface area contributed by atoms with E-state index in [0.717, 1.165) is 24.2 Å². The quantitative estimate of drug-likeness (QED) is 0.837. The Morgan fingerprint density at radius 1 is 1.33 bits per heavy atom. The SMILES string of the molecule is CC1(C)CC2=C(N=[N+]N2)C(Nc2ccccc2)C1. The Balaban J connectivity index is 1.86. The molecule has 1 aliphatic heterocycles. The third kappa shape index (κ3) is 2.10. The molecule has 1 aromatic carbocycles. The monoisotopic (exact) mass is 242 g/mol. The van der Waals surface area contributed by atoms with Crippen molar-refractivity contribution < 1.29 is 0 Å². The molecule has 1 atom stereocenters. The van der Waals surface area contributed by atoms with Crippen molar-refractivity contribution in [3.05, 3.63) is 41.7 Å². The second-order valence-electron chi connectivity index (χ2n) is 5.78. The van der Waals surface area contributed by atoms with Crippen LogP contribution in [0, 0.1) is 5.41 Å². The lowest BCUT2D eigenvalue weighted by atomic mass is 9.76. The first-order valence-electron chi connectivity index (χ1n) is 6.35. The van der Waals surface area contributed by atoms with E-state index < -0.39 is 0 Å². The molecule has 1 unspecified atom stereocenters. The van der Waals surface area contributed by atoms with Gasteiger partial charge in [0.2, 0.25) is 0 Å². The summed E-state index contributed by atoms with van der Waals surface area (Å²) in [6, 6.07) is 10.5. The molecule has 0 aromatic heterocycles. The molecule has 4 heteroatoms. The van der Waals surface area contributed by atoms with Crippen molar-refractivity contribution in [3.8, 4) is 0 Å². The summed E-state index contributed by atoms with van der Waals surface area (Å²) in [5.41, 5.74) is 6.67. The molecule has 1 aliphatic carbocycles. The summed E-state index contributed by atoms with van der Waals surface area (Å²) in [4.78, 5) is 0. The molecule has 1 aromatic rings. The van der Waals surface area contributed by atoms with Gasteiger partial charge in [-0.25, -0.2) is 0 Å². The predicted octanol–water partition coefficient (Wildman–Crippen LogP) is 2.80. The molecule has 4 nitrogen and oxygen atoms in total. The third-order valence-corrected chi connectivity index (χ3v) is 3.51. The molecule has 0 saturated heterocycles. The van der Waals surface area contributed by atoms with Gasteiger partial charge in [-0.3, -0.25) is 0 Å². The summed E-state index contributed by atoms with van der Waals surface area (Å²) in [5.74, 6) is 0. The van der Waals surface area contributed by atoms with Crippen molar-refractivity contribution in [3.63, 3.8) is 0 Å². The van der Waals surface area contributed by atoms with E-state index in [0.29, 0.717) is 0 Å². The molecule has 0 amide bonds. The predicted molar refractivity (Wildman–Crippen MR) is 71.6 cm³/mol. The molecule has 1 heterocycles. The lowest BCUT2D eigenvalue weighted by Crippen LogP contribution is -2.35. The first-order chi connectivity index (χ1) is 8.64. The summed E-state index contributed by atoms with van der Waals surface area (Å²) in [6.45, 7) is 4.58. The van der Waals surface area contributed by atoms with Crippen LogP contribution in [-0.2, 0) is 0 Å². The topological polar surface area (TPSA) is 50.5 Å². The van der Waals surface area contributed by atoms with Crippen LogP contribution in [0.3, 0.4) is 0 Å². The highest BCUT2D eigenvalue weighted by molar-refractivity contribution is 5.46. The second kappa shape index (κ2) is 4.12. The molecule has 0 spiro atoms. The van der Waals surface area contributed by atoms with Crippen molar-refractivity contribution in [1.29, 1.82) is 0 Å². The van der Waals surface area contributed by atoms with E-state index in [-0.39, 0.29) is 11.5 Å². The maximum absolute atomic E-state index is 4.23. The summed E-state index contributed by atoms with van der Waals surface area (Å²) < 4.78 is 0. The zero-order chi connectivity index (χ0) is 12.6. The van der Waals surface area contributed by atoms with Crippen LogP contribution in [0.5, 0.6) is 0 Å². The number of rotatable bonds is 2. The normalized spacial score (nSPS) is 24.7. The zero-order valence-electron chi connectivity index (χ0n) is 10.8. The van der Waals surface area contributed by atoms with Gasteiger partial charge in [-0.05, 0) is 24.0 Å². The van der Waals surface area contributed by atoms with E-state index in [9.17, 15) is 0 Å². The summed E-state index contributed by atoms with van der Waals surface area (Å²) in [6.07, 6.45) is 2.09. The van der Waals surface area contributed by atoms with Gasteiger partial charge in [0, 0.05) is 12.1 Å². The average Bonchev–Trinajstić information content (AvgIpc) is 2.76. The molecule has 0 saturated carbocycles. The van der Waals surface area contributed by atoms with E-state index in [1.807, 2.05) is 18.2 Å². The summed E-state index contributed by atoms with van der Waals surface area (Å²) >= 11 is 0. The Kier molecular flexibility index (Phi) is 2.58. The van der Waals surface area contributed by atoms with Gasteiger partial charge < -0.3 is 5.32 Å². The fourth-order valence-electron chi connectivity index (χ4n) is 2.72. The largest absolute Gasteiger partial charge is 0.376 e. The number of hydrogen-bond acceptors (Lipinski definition) is 4. The first-order valence-corrected chi connectivity index (χ1v) is 6.35.